The third kappa shape index (κ3) is 5.05. The van der Waals surface area contributed by atoms with Crippen molar-refractivity contribution in [1.82, 2.24) is 9.88 Å². The molecule has 0 spiro atoms. The van der Waals surface area contributed by atoms with Gasteiger partial charge >= 0.3 is 0 Å². The van der Waals surface area contributed by atoms with E-state index in [1.165, 1.54) is 6.07 Å². The molecule has 0 saturated carbocycles. The standard InChI is InChI=1S/C31H31F2N3O2/c1-4-23-18-38-31(35-23)22-11-12-24-27(15-22)36(17-20-8-6-5-7-9-20)29(19(2)3)28(24)30(37)34-16-21-10-13-25(32)26(33)14-21/h5-15,19,23H,4,16-18H2,1-3H3,(H,34,37). The van der Waals surface area contributed by atoms with Crippen molar-refractivity contribution in [3.63, 3.8) is 0 Å². The number of ether oxygens (including phenoxy) is 1. The van der Waals surface area contributed by atoms with Crippen molar-refractivity contribution in [1.29, 1.82) is 0 Å². The Labute approximate surface area is 221 Å². The fraction of sp³-hybridized carbons (Fsp3) is 0.290. The smallest absolute Gasteiger partial charge is 0.254 e. The Morgan fingerprint density at radius 2 is 1.84 bits per heavy atom. The molecule has 1 aromatic heterocycles. The van der Waals surface area contributed by atoms with Crippen LogP contribution >= 0.6 is 0 Å². The third-order valence-electron chi connectivity index (χ3n) is 6.93. The molecule has 0 aliphatic carbocycles. The molecule has 196 valence electrons. The van der Waals surface area contributed by atoms with Gasteiger partial charge in [0.2, 0.25) is 5.90 Å². The first kappa shape index (κ1) is 25.6. The van der Waals surface area contributed by atoms with Crippen LogP contribution in [0.15, 0.2) is 71.7 Å². The second-order valence-corrected chi connectivity index (χ2v) is 9.96. The molecular weight excluding hydrogens is 484 g/mol. The molecular formula is C31H31F2N3O2. The summed E-state index contributed by atoms with van der Waals surface area (Å²) in [6.07, 6.45) is 0.913. The number of benzene rings is 3. The van der Waals surface area contributed by atoms with Gasteiger partial charge in [-0.3, -0.25) is 4.79 Å². The second-order valence-electron chi connectivity index (χ2n) is 9.96. The van der Waals surface area contributed by atoms with E-state index in [1.807, 2.05) is 36.4 Å². The quantitative estimate of drug-likeness (QED) is 0.288. The maximum Gasteiger partial charge on any atom is 0.254 e. The van der Waals surface area contributed by atoms with Crippen LogP contribution in [0, 0.1) is 11.6 Å². The van der Waals surface area contributed by atoms with Crippen molar-refractivity contribution in [3.05, 3.63) is 106 Å². The lowest BCUT2D eigenvalue weighted by Crippen LogP contribution is -2.24. The van der Waals surface area contributed by atoms with Crippen LogP contribution in [-0.2, 0) is 17.8 Å². The number of amides is 1. The van der Waals surface area contributed by atoms with Crippen LogP contribution in [0.2, 0.25) is 0 Å². The van der Waals surface area contributed by atoms with Gasteiger partial charge in [0.05, 0.1) is 17.1 Å². The molecule has 4 aromatic rings. The normalized spacial score (nSPS) is 15.1. The van der Waals surface area contributed by atoms with Crippen LogP contribution in [0.5, 0.6) is 0 Å². The SMILES string of the molecule is CCC1COC(c2ccc3c(C(=O)NCc4ccc(F)c(F)c4)c(C(C)C)n(Cc4ccccc4)c3c2)=N1. The average Bonchev–Trinajstić information content (AvgIpc) is 3.53. The average molecular weight is 516 g/mol. The zero-order valence-electron chi connectivity index (χ0n) is 21.8. The second kappa shape index (κ2) is 10.8. The molecule has 1 atom stereocenters. The number of aliphatic imine (C=N–C) groups is 1. The van der Waals surface area contributed by atoms with E-state index < -0.39 is 11.6 Å². The van der Waals surface area contributed by atoms with Crippen LogP contribution in [-0.4, -0.2) is 29.0 Å². The summed E-state index contributed by atoms with van der Waals surface area (Å²) in [6.45, 7) is 7.48. The van der Waals surface area contributed by atoms with Gasteiger partial charge in [0.25, 0.3) is 5.91 Å². The number of halogens is 2. The lowest BCUT2D eigenvalue weighted by molar-refractivity contribution is 0.0951. The molecule has 0 fully saturated rings. The Kier molecular flexibility index (Phi) is 7.27. The van der Waals surface area contributed by atoms with Crippen LogP contribution in [0.1, 0.15) is 65.9 Å². The van der Waals surface area contributed by atoms with Gasteiger partial charge in [-0.25, -0.2) is 13.8 Å². The zero-order chi connectivity index (χ0) is 26.8. The minimum absolute atomic E-state index is 0.0446. The van der Waals surface area contributed by atoms with E-state index in [-0.39, 0.29) is 24.4 Å². The Morgan fingerprint density at radius 3 is 2.53 bits per heavy atom. The van der Waals surface area contributed by atoms with Crippen molar-refractivity contribution in [3.8, 4) is 0 Å². The van der Waals surface area contributed by atoms with Crippen molar-refractivity contribution in [2.75, 3.05) is 6.61 Å². The molecule has 0 radical (unpaired) electrons. The number of hydrogen-bond donors (Lipinski definition) is 1. The summed E-state index contributed by atoms with van der Waals surface area (Å²) < 4.78 is 35.2. The number of carbonyl (C=O) groups is 1. The highest BCUT2D eigenvalue weighted by Gasteiger charge is 2.26. The maximum absolute atomic E-state index is 13.7. The highest BCUT2D eigenvalue weighted by Crippen LogP contribution is 2.33. The van der Waals surface area contributed by atoms with Gasteiger partial charge in [-0.15, -0.1) is 0 Å². The van der Waals surface area contributed by atoms with E-state index in [1.54, 1.807) is 0 Å². The van der Waals surface area contributed by atoms with Gasteiger partial charge in [-0.2, -0.15) is 0 Å². The van der Waals surface area contributed by atoms with Crippen molar-refractivity contribution < 1.29 is 18.3 Å². The van der Waals surface area contributed by atoms with Crippen molar-refractivity contribution in [2.24, 2.45) is 4.99 Å². The van der Waals surface area contributed by atoms with Crippen molar-refractivity contribution in [2.45, 2.75) is 52.2 Å². The molecule has 1 aliphatic rings. The molecule has 7 heteroatoms. The van der Waals surface area contributed by atoms with E-state index in [4.69, 9.17) is 9.73 Å². The number of fused-ring (bicyclic) bond motifs is 1. The largest absolute Gasteiger partial charge is 0.475 e. The molecule has 5 nitrogen and oxygen atoms in total. The molecule has 1 amide bonds. The number of rotatable bonds is 8. The van der Waals surface area contributed by atoms with E-state index in [0.29, 0.717) is 30.2 Å². The first-order chi connectivity index (χ1) is 18.4. The van der Waals surface area contributed by atoms with Gasteiger partial charge in [0.1, 0.15) is 6.61 Å². The Hall–Kier alpha value is -4.00. The third-order valence-corrected chi connectivity index (χ3v) is 6.93. The monoisotopic (exact) mass is 515 g/mol. The minimum atomic E-state index is -0.936. The van der Waals surface area contributed by atoms with Gasteiger partial charge in [0, 0.05) is 29.7 Å². The zero-order valence-corrected chi connectivity index (χ0v) is 21.8. The highest BCUT2D eigenvalue weighted by molar-refractivity contribution is 6.10. The molecule has 1 N–H and O–H groups in total. The van der Waals surface area contributed by atoms with Gasteiger partial charge in [-0.05, 0) is 47.7 Å². The van der Waals surface area contributed by atoms with Gasteiger partial charge in [0.15, 0.2) is 11.6 Å². The molecule has 5 rings (SSSR count). The molecule has 1 unspecified atom stereocenters. The van der Waals surface area contributed by atoms with Crippen LogP contribution in [0.25, 0.3) is 10.9 Å². The summed E-state index contributed by atoms with van der Waals surface area (Å²) in [7, 11) is 0. The Bertz CT molecular complexity index is 1510. The summed E-state index contributed by atoms with van der Waals surface area (Å²) in [5.74, 6) is -1.44. The maximum atomic E-state index is 13.7. The summed E-state index contributed by atoms with van der Waals surface area (Å²) in [5, 5.41) is 3.74. The summed E-state index contributed by atoms with van der Waals surface area (Å²) in [6, 6.07) is 19.9. The van der Waals surface area contributed by atoms with Gasteiger partial charge in [-0.1, -0.05) is 63.2 Å². The van der Waals surface area contributed by atoms with E-state index in [9.17, 15) is 13.6 Å². The number of hydrogen-bond acceptors (Lipinski definition) is 3. The predicted molar refractivity (Wildman–Crippen MR) is 146 cm³/mol. The molecule has 1 aliphatic heterocycles. The molecule has 3 aromatic carbocycles. The Morgan fingerprint density at radius 1 is 1.05 bits per heavy atom. The fourth-order valence-corrected chi connectivity index (χ4v) is 4.98. The number of nitrogens with zero attached hydrogens (tertiary/aromatic N) is 2. The lowest BCUT2D eigenvalue weighted by Gasteiger charge is -2.16. The molecule has 0 saturated heterocycles. The van der Waals surface area contributed by atoms with Crippen LogP contribution < -0.4 is 5.32 Å². The van der Waals surface area contributed by atoms with E-state index in [2.05, 4.69) is 42.8 Å². The first-order valence-corrected chi connectivity index (χ1v) is 13.0. The molecule has 38 heavy (non-hydrogen) atoms. The van der Waals surface area contributed by atoms with Gasteiger partial charge < -0.3 is 14.6 Å². The number of aromatic nitrogens is 1. The highest BCUT2D eigenvalue weighted by atomic mass is 19.2. The van der Waals surface area contributed by atoms with Crippen molar-refractivity contribution >= 4 is 22.7 Å². The topological polar surface area (TPSA) is 55.6 Å². The summed E-state index contributed by atoms with van der Waals surface area (Å²) in [5.41, 5.74) is 4.89. The van der Waals surface area contributed by atoms with E-state index >= 15 is 0 Å². The minimum Gasteiger partial charge on any atom is -0.475 e. The first-order valence-electron chi connectivity index (χ1n) is 13.0. The molecule has 0 bridgehead atoms. The number of nitrogens with one attached hydrogen (secondary N) is 1. The van der Waals surface area contributed by atoms with E-state index in [0.717, 1.165) is 46.3 Å². The predicted octanol–water partition coefficient (Wildman–Crippen LogP) is 6.58. The van der Waals surface area contributed by atoms with Crippen LogP contribution in [0.3, 0.4) is 0 Å². The summed E-state index contributed by atoms with van der Waals surface area (Å²) >= 11 is 0. The van der Waals surface area contributed by atoms with Crippen LogP contribution in [0.4, 0.5) is 8.78 Å². The fourth-order valence-electron chi connectivity index (χ4n) is 4.98. The summed E-state index contributed by atoms with van der Waals surface area (Å²) in [4.78, 5) is 18.4. The Balaban J connectivity index is 1.59. The lowest BCUT2D eigenvalue weighted by atomic mass is 10.0. The molecule has 2 heterocycles. The number of carbonyl (C=O) groups excluding carboxylic acids is 1.